The number of cyclic esters (lactones) is 1. The van der Waals surface area contributed by atoms with Crippen LogP contribution in [0, 0.1) is 5.41 Å². The maximum atomic E-state index is 12.9. The quantitative estimate of drug-likeness (QED) is 0.448. The fraction of sp³-hybridized carbons (Fsp3) is 0.826. The van der Waals surface area contributed by atoms with Crippen LogP contribution >= 0.6 is 0 Å². The third-order valence-corrected chi connectivity index (χ3v) is 6.22. The first-order chi connectivity index (χ1) is 13.8. The SMILES string of the molecule is CC1(C)CCC(=O)CCCCCCCCCOC(=O)[C@@H]2CCCCN2C(=O)C1=O. The van der Waals surface area contributed by atoms with Crippen molar-refractivity contribution < 1.29 is 23.9 Å². The van der Waals surface area contributed by atoms with E-state index >= 15 is 0 Å². The highest BCUT2D eigenvalue weighted by atomic mass is 16.5. The number of piperidine rings is 1. The number of ketones is 2. The van der Waals surface area contributed by atoms with Crippen LogP contribution in [0.15, 0.2) is 0 Å². The Morgan fingerprint density at radius 2 is 1.48 bits per heavy atom. The van der Waals surface area contributed by atoms with E-state index in [0.717, 1.165) is 57.8 Å². The molecule has 1 amide bonds. The minimum Gasteiger partial charge on any atom is -0.464 e. The molecule has 6 heteroatoms. The summed E-state index contributed by atoms with van der Waals surface area (Å²) in [6, 6.07) is -0.667. The van der Waals surface area contributed by atoms with E-state index in [2.05, 4.69) is 0 Å². The molecule has 29 heavy (non-hydrogen) atoms. The Morgan fingerprint density at radius 3 is 2.21 bits per heavy atom. The largest absolute Gasteiger partial charge is 0.464 e. The van der Waals surface area contributed by atoms with E-state index in [1.165, 1.54) is 4.90 Å². The molecule has 0 aliphatic carbocycles. The van der Waals surface area contributed by atoms with Crippen LogP contribution < -0.4 is 0 Å². The number of nitrogens with zero attached hydrogens (tertiary/aromatic N) is 1. The zero-order valence-electron chi connectivity index (χ0n) is 18.2. The van der Waals surface area contributed by atoms with Crippen LogP contribution in [0.2, 0.25) is 0 Å². The highest BCUT2D eigenvalue weighted by Crippen LogP contribution is 2.28. The van der Waals surface area contributed by atoms with Gasteiger partial charge in [-0.2, -0.15) is 0 Å². The Balaban J connectivity index is 2.09. The van der Waals surface area contributed by atoms with Crippen LogP contribution in [0.5, 0.6) is 0 Å². The summed E-state index contributed by atoms with van der Waals surface area (Å²) in [5.41, 5.74) is -0.915. The van der Waals surface area contributed by atoms with E-state index in [4.69, 9.17) is 4.74 Å². The summed E-state index contributed by atoms with van der Waals surface area (Å²) in [5, 5.41) is 0. The molecule has 0 aromatic carbocycles. The topological polar surface area (TPSA) is 80.8 Å². The van der Waals surface area contributed by atoms with Gasteiger partial charge < -0.3 is 9.64 Å². The number of Topliss-reactive ketones (excluding diaryl/α,β-unsaturated/α-hetero) is 2. The second-order valence-electron chi connectivity index (χ2n) is 9.15. The van der Waals surface area contributed by atoms with Gasteiger partial charge in [0, 0.05) is 24.8 Å². The molecule has 2 rings (SSSR count). The van der Waals surface area contributed by atoms with E-state index in [9.17, 15) is 19.2 Å². The molecule has 164 valence electrons. The zero-order valence-corrected chi connectivity index (χ0v) is 18.2. The average molecular weight is 408 g/mol. The minimum atomic E-state index is -0.915. The van der Waals surface area contributed by atoms with Gasteiger partial charge in [-0.1, -0.05) is 46.0 Å². The van der Waals surface area contributed by atoms with Gasteiger partial charge in [-0.15, -0.1) is 0 Å². The van der Waals surface area contributed by atoms with Crippen LogP contribution in [-0.4, -0.2) is 47.5 Å². The van der Waals surface area contributed by atoms with Crippen LogP contribution in [0.4, 0.5) is 0 Å². The average Bonchev–Trinajstić information content (AvgIpc) is 2.71. The Kier molecular flexibility index (Phi) is 9.31. The number of fused-ring (bicyclic) bond motifs is 1. The summed E-state index contributed by atoms with van der Waals surface area (Å²) in [5.74, 6) is -1.35. The summed E-state index contributed by atoms with van der Waals surface area (Å²) in [6.45, 7) is 4.21. The van der Waals surface area contributed by atoms with E-state index < -0.39 is 29.1 Å². The van der Waals surface area contributed by atoms with Crippen LogP contribution in [0.1, 0.15) is 97.3 Å². The van der Waals surface area contributed by atoms with Crippen LogP contribution in [-0.2, 0) is 23.9 Å². The Hall–Kier alpha value is -1.72. The maximum Gasteiger partial charge on any atom is 0.328 e. The molecule has 2 fully saturated rings. The lowest BCUT2D eigenvalue weighted by Crippen LogP contribution is -2.53. The van der Waals surface area contributed by atoms with Crippen molar-refractivity contribution in [3.05, 3.63) is 0 Å². The number of amides is 1. The third-order valence-electron chi connectivity index (χ3n) is 6.22. The summed E-state index contributed by atoms with van der Waals surface area (Å²) >= 11 is 0. The van der Waals surface area contributed by atoms with Crippen LogP contribution in [0.25, 0.3) is 0 Å². The number of rotatable bonds is 0. The zero-order chi connectivity index (χ0) is 21.3. The van der Waals surface area contributed by atoms with Gasteiger partial charge in [0.1, 0.15) is 11.8 Å². The molecular formula is C23H37NO5. The van der Waals surface area contributed by atoms with E-state index in [-0.39, 0.29) is 5.78 Å². The van der Waals surface area contributed by atoms with Gasteiger partial charge in [0.25, 0.3) is 5.91 Å². The van der Waals surface area contributed by atoms with Crippen molar-refractivity contribution in [1.82, 2.24) is 4.90 Å². The number of carbonyl (C=O) groups is 4. The lowest BCUT2D eigenvalue weighted by Gasteiger charge is -2.35. The molecule has 2 aliphatic heterocycles. The number of carbonyl (C=O) groups excluding carboxylic acids is 4. The number of esters is 1. The van der Waals surface area contributed by atoms with Gasteiger partial charge in [-0.05, 0) is 38.5 Å². The molecule has 0 saturated carbocycles. The van der Waals surface area contributed by atoms with E-state index in [1.54, 1.807) is 13.8 Å². The normalized spacial score (nSPS) is 26.7. The van der Waals surface area contributed by atoms with E-state index in [0.29, 0.717) is 38.8 Å². The van der Waals surface area contributed by atoms with Crippen molar-refractivity contribution in [3.63, 3.8) is 0 Å². The number of ether oxygens (including phenoxy) is 1. The summed E-state index contributed by atoms with van der Waals surface area (Å²) in [4.78, 5) is 52.0. The van der Waals surface area contributed by atoms with Crippen molar-refractivity contribution >= 4 is 23.4 Å². The summed E-state index contributed by atoms with van der Waals surface area (Å²) in [6.07, 6.45) is 10.5. The smallest absolute Gasteiger partial charge is 0.328 e. The lowest BCUT2D eigenvalue weighted by atomic mass is 9.81. The first-order valence-corrected chi connectivity index (χ1v) is 11.4. The predicted octanol–water partition coefficient (Wildman–Crippen LogP) is 3.99. The van der Waals surface area contributed by atoms with Gasteiger partial charge in [-0.25, -0.2) is 4.79 Å². The molecule has 0 radical (unpaired) electrons. The monoisotopic (exact) mass is 407 g/mol. The van der Waals surface area contributed by atoms with Gasteiger partial charge in [0.05, 0.1) is 6.61 Å². The number of hydrogen-bond acceptors (Lipinski definition) is 5. The van der Waals surface area contributed by atoms with Crippen LogP contribution in [0.3, 0.4) is 0 Å². The fourth-order valence-corrected chi connectivity index (χ4v) is 4.11. The highest BCUT2D eigenvalue weighted by Gasteiger charge is 2.41. The molecule has 0 aromatic rings. The molecule has 0 unspecified atom stereocenters. The molecular weight excluding hydrogens is 370 g/mol. The molecule has 0 spiro atoms. The van der Waals surface area contributed by atoms with Gasteiger partial charge in [0.15, 0.2) is 0 Å². The van der Waals surface area contributed by atoms with Gasteiger partial charge in [-0.3, -0.25) is 14.4 Å². The second kappa shape index (κ2) is 11.5. The van der Waals surface area contributed by atoms with Crippen molar-refractivity contribution in [2.45, 2.75) is 103 Å². The molecule has 2 heterocycles. The van der Waals surface area contributed by atoms with Gasteiger partial charge >= 0.3 is 5.97 Å². The number of hydrogen-bond donors (Lipinski definition) is 0. The van der Waals surface area contributed by atoms with Crippen molar-refractivity contribution in [3.8, 4) is 0 Å². The first-order valence-electron chi connectivity index (χ1n) is 11.4. The Bertz CT molecular complexity index is 598. The molecule has 2 saturated heterocycles. The molecule has 6 nitrogen and oxygen atoms in total. The second-order valence-corrected chi connectivity index (χ2v) is 9.15. The standard InChI is InChI=1S/C23H37NO5/c1-23(2)15-14-18(25)12-8-6-4-3-5-7-11-17-29-22(28)19-13-9-10-16-24(19)21(27)20(23)26/h19H,3-17H2,1-2H3/t19-/m0/s1. The van der Waals surface area contributed by atoms with Crippen molar-refractivity contribution in [1.29, 1.82) is 0 Å². The first kappa shape index (κ1) is 23.6. The molecule has 2 aliphatic rings. The minimum absolute atomic E-state index is 0.163. The summed E-state index contributed by atoms with van der Waals surface area (Å²) in [7, 11) is 0. The third kappa shape index (κ3) is 7.23. The van der Waals surface area contributed by atoms with E-state index in [1.807, 2.05) is 0 Å². The van der Waals surface area contributed by atoms with Gasteiger partial charge in [0.2, 0.25) is 5.78 Å². The highest BCUT2D eigenvalue weighted by molar-refractivity contribution is 6.38. The van der Waals surface area contributed by atoms with Crippen molar-refractivity contribution in [2.75, 3.05) is 13.2 Å². The fourth-order valence-electron chi connectivity index (χ4n) is 4.11. The maximum absolute atomic E-state index is 12.9. The molecule has 0 bridgehead atoms. The Labute approximate surface area is 174 Å². The molecule has 0 aromatic heterocycles. The van der Waals surface area contributed by atoms with Crippen molar-refractivity contribution in [2.24, 2.45) is 5.41 Å². The molecule has 1 atom stereocenters. The Morgan fingerprint density at radius 1 is 0.828 bits per heavy atom. The predicted molar refractivity (Wildman–Crippen MR) is 110 cm³/mol. The lowest BCUT2D eigenvalue weighted by molar-refractivity contribution is -0.161. The molecule has 0 N–H and O–H groups in total. The summed E-state index contributed by atoms with van der Waals surface area (Å²) < 4.78 is 5.44.